The van der Waals surface area contributed by atoms with Crippen LogP contribution in [0.25, 0.3) is 0 Å². The molecule has 0 saturated carbocycles. The molecule has 2 N–H and O–H groups in total. The van der Waals surface area contributed by atoms with Crippen molar-refractivity contribution in [2.45, 2.75) is 32.3 Å². The third kappa shape index (κ3) is 4.02. The number of unbranched alkanes of at least 4 members (excludes halogenated alkanes) is 1. The highest BCUT2D eigenvalue weighted by Gasteiger charge is 2.21. The number of benzene rings is 1. The zero-order valence-electron chi connectivity index (χ0n) is 9.66. The van der Waals surface area contributed by atoms with Gasteiger partial charge in [0.2, 0.25) is 0 Å². The van der Waals surface area contributed by atoms with Crippen LogP contribution in [0.15, 0.2) is 30.3 Å². The molecule has 1 atom stereocenters. The monoisotopic (exact) mass is 207 g/mol. The first-order valence-corrected chi connectivity index (χ1v) is 5.65. The standard InChI is InChI=1S/C13H21NO/c1-3-4-10-14-11-13(2,15)12-8-6-5-7-9-12/h5-9,14-15H,3-4,10-11H2,1-2H3/t13-/m0/s1. The second-order valence-electron chi connectivity index (χ2n) is 4.17. The van der Waals surface area contributed by atoms with Crippen LogP contribution in [0.5, 0.6) is 0 Å². The van der Waals surface area contributed by atoms with Crippen LogP contribution in [-0.4, -0.2) is 18.2 Å². The van der Waals surface area contributed by atoms with Gasteiger partial charge in [-0.1, -0.05) is 43.7 Å². The quantitative estimate of drug-likeness (QED) is 0.701. The van der Waals surface area contributed by atoms with E-state index in [0.717, 1.165) is 18.5 Å². The minimum atomic E-state index is -0.769. The molecular weight excluding hydrogens is 186 g/mol. The molecule has 0 saturated heterocycles. The second-order valence-corrected chi connectivity index (χ2v) is 4.17. The van der Waals surface area contributed by atoms with Crippen LogP contribution in [-0.2, 0) is 5.60 Å². The van der Waals surface area contributed by atoms with Gasteiger partial charge < -0.3 is 10.4 Å². The number of nitrogens with one attached hydrogen (secondary N) is 1. The molecule has 0 radical (unpaired) electrons. The average molecular weight is 207 g/mol. The lowest BCUT2D eigenvalue weighted by atomic mass is 9.96. The summed E-state index contributed by atoms with van der Waals surface area (Å²) >= 11 is 0. The molecular formula is C13H21NO. The first kappa shape index (κ1) is 12.2. The highest BCUT2D eigenvalue weighted by molar-refractivity contribution is 5.21. The number of rotatable bonds is 6. The molecule has 0 aliphatic heterocycles. The third-order valence-electron chi connectivity index (χ3n) is 2.57. The predicted molar refractivity (Wildman–Crippen MR) is 63.8 cm³/mol. The van der Waals surface area contributed by atoms with Crippen LogP contribution >= 0.6 is 0 Å². The Balaban J connectivity index is 2.45. The van der Waals surface area contributed by atoms with Crippen molar-refractivity contribution >= 4 is 0 Å². The van der Waals surface area contributed by atoms with E-state index >= 15 is 0 Å². The van der Waals surface area contributed by atoms with Crippen LogP contribution < -0.4 is 5.32 Å². The van der Waals surface area contributed by atoms with Gasteiger partial charge in [0.25, 0.3) is 0 Å². The maximum atomic E-state index is 10.2. The van der Waals surface area contributed by atoms with Gasteiger partial charge in [0.1, 0.15) is 0 Å². The molecule has 1 aromatic carbocycles. The fourth-order valence-electron chi connectivity index (χ4n) is 1.53. The Morgan fingerprint density at radius 2 is 1.93 bits per heavy atom. The van der Waals surface area contributed by atoms with Gasteiger partial charge in [-0.15, -0.1) is 0 Å². The van der Waals surface area contributed by atoms with E-state index in [2.05, 4.69) is 12.2 Å². The molecule has 1 rings (SSSR count). The lowest BCUT2D eigenvalue weighted by Gasteiger charge is -2.24. The molecule has 15 heavy (non-hydrogen) atoms. The molecule has 0 bridgehead atoms. The zero-order valence-corrected chi connectivity index (χ0v) is 9.66. The Morgan fingerprint density at radius 1 is 1.27 bits per heavy atom. The van der Waals surface area contributed by atoms with Crippen molar-refractivity contribution in [2.24, 2.45) is 0 Å². The van der Waals surface area contributed by atoms with E-state index in [4.69, 9.17) is 0 Å². The zero-order chi connectivity index (χ0) is 11.1. The van der Waals surface area contributed by atoms with Crippen molar-refractivity contribution in [2.75, 3.05) is 13.1 Å². The molecule has 0 aromatic heterocycles. The maximum absolute atomic E-state index is 10.2. The molecule has 0 amide bonds. The van der Waals surface area contributed by atoms with Crippen molar-refractivity contribution < 1.29 is 5.11 Å². The van der Waals surface area contributed by atoms with E-state index in [1.54, 1.807) is 0 Å². The van der Waals surface area contributed by atoms with Crippen LogP contribution in [0.2, 0.25) is 0 Å². The second kappa shape index (κ2) is 5.89. The topological polar surface area (TPSA) is 32.3 Å². The summed E-state index contributed by atoms with van der Waals surface area (Å²) in [5.74, 6) is 0. The first-order valence-electron chi connectivity index (χ1n) is 5.65. The predicted octanol–water partition coefficient (Wildman–Crippen LogP) is 2.28. The number of hydrogen-bond donors (Lipinski definition) is 2. The Kier molecular flexibility index (Phi) is 4.79. The van der Waals surface area contributed by atoms with E-state index in [9.17, 15) is 5.11 Å². The van der Waals surface area contributed by atoms with Crippen molar-refractivity contribution in [3.05, 3.63) is 35.9 Å². The van der Waals surface area contributed by atoms with Crippen LogP contribution in [0.3, 0.4) is 0 Å². The van der Waals surface area contributed by atoms with Crippen molar-refractivity contribution in [3.8, 4) is 0 Å². The summed E-state index contributed by atoms with van der Waals surface area (Å²) in [6.45, 7) is 5.59. The Labute approximate surface area is 92.3 Å². The normalized spacial score (nSPS) is 14.9. The van der Waals surface area contributed by atoms with Gasteiger partial charge >= 0.3 is 0 Å². The van der Waals surface area contributed by atoms with Gasteiger partial charge in [-0.2, -0.15) is 0 Å². The molecule has 0 aliphatic rings. The minimum absolute atomic E-state index is 0.608. The van der Waals surface area contributed by atoms with E-state index in [1.807, 2.05) is 37.3 Å². The van der Waals surface area contributed by atoms with E-state index in [-0.39, 0.29) is 0 Å². The first-order chi connectivity index (χ1) is 7.17. The van der Waals surface area contributed by atoms with Crippen molar-refractivity contribution in [1.29, 1.82) is 0 Å². The van der Waals surface area contributed by atoms with Gasteiger partial charge in [-0.3, -0.25) is 0 Å². The van der Waals surface area contributed by atoms with Gasteiger partial charge in [0.15, 0.2) is 0 Å². The Hall–Kier alpha value is -0.860. The Bertz CT molecular complexity index is 269. The average Bonchev–Trinajstić information content (AvgIpc) is 2.26. The van der Waals surface area contributed by atoms with Gasteiger partial charge in [-0.25, -0.2) is 0 Å². The maximum Gasteiger partial charge on any atom is 0.0992 e. The summed E-state index contributed by atoms with van der Waals surface area (Å²) in [5.41, 5.74) is 0.198. The summed E-state index contributed by atoms with van der Waals surface area (Å²) in [4.78, 5) is 0. The third-order valence-corrected chi connectivity index (χ3v) is 2.57. The minimum Gasteiger partial charge on any atom is -0.384 e. The lowest BCUT2D eigenvalue weighted by Crippen LogP contribution is -2.35. The highest BCUT2D eigenvalue weighted by Crippen LogP contribution is 2.18. The van der Waals surface area contributed by atoms with Gasteiger partial charge in [0.05, 0.1) is 5.60 Å². The molecule has 0 heterocycles. The Morgan fingerprint density at radius 3 is 2.53 bits per heavy atom. The SMILES string of the molecule is CCCCNC[C@](C)(O)c1ccccc1. The van der Waals surface area contributed by atoms with E-state index in [0.29, 0.717) is 6.54 Å². The molecule has 0 aliphatic carbocycles. The van der Waals surface area contributed by atoms with Crippen molar-refractivity contribution in [3.63, 3.8) is 0 Å². The molecule has 2 heteroatoms. The van der Waals surface area contributed by atoms with Crippen LogP contribution in [0.4, 0.5) is 0 Å². The molecule has 2 nitrogen and oxygen atoms in total. The number of hydrogen-bond acceptors (Lipinski definition) is 2. The summed E-state index contributed by atoms with van der Waals surface area (Å²) in [6, 6.07) is 9.79. The van der Waals surface area contributed by atoms with Gasteiger partial charge in [-0.05, 0) is 25.5 Å². The summed E-state index contributed by atoms with van der Waals surface area (Å²) in [6.07, 6.45) is 2.34. The fraction of sp³-hybridized carbons (Fsp3) is 0.538. The molecule has 1 aromatic rings. The fourth-order valence-corrected chi connectivity index (χ4v) is 1.53. The lowest BCUT2D eigenvalue weighted by molar-refractivity contribution is 0.0571. The largest absolute Gasteiger partial charge is 0.384 e. The molecule has 0 unspecified atom stereocenters. The molecule has 84 valence electrons. The smallest absolute Gasteiger partial charge is 0.0992 e. The van der Waals surface area contributed by atoms with E-state index < -0.39 is 5.60 Å². The van der Waals surface area contributed by atoms with Crippen LogP contribution in [0.1, 0.15) is 32.3 Å². The van der Waals surface area contributed by atoms with Gasteiger partial charge in [0, 0.05) is 6.54 Å². The van der Waals surface area contributed by atoms with Crippen LogP contribution in [0, 0.1) is 0 Å². The number of aliphatic hydroxyl groups is 1. The van der Waals surface area contributed by atoms with Crippen molar-refractivity contribution in [1.82, 2.24) is 5.32 Å². The summed E-state index contributed by atoms with van der Waals surface area (Å²) in [5, 5.41) is 13.5. The van der Waals surface area contributed by atoms with E-state index in [1.165, 1.54) is 6.42 Å². The molecule has 0 spiro atoms. The summed E-state index contributed by atoms with van der Waals surface area (Å²) < 4.78 is 0. The summed E-state index contributed by atoms with van der Waals surface area (Å²) in [7, 11) is 0. The highest BCUT2D eigenvalue weighted by atomic mass is 16.3. The molecule has 0 fully saturated rings.